The third-order valence-electron chi connectivity index (χ3n) is 3.66. The molecule has 0 saturated carbocycles. The van der Waals surface area contributed by atoms with Gasteiger partial charge in [-0.05, 0) is 24.5 Å². The normalized spacial score (nSPS) is 22.8. The molecule has 0 spiro atoms. The molecule has 0 aliphatic carbocycles. The molecular formula is C19H21NO4. The zero-order valence-corrected chi connectivity index (χ0v) is 12.9. The molecule has 1 amide bonds. The summed E-state index contributed by atoms with van der Waals surface area (Å²) in [5.41, 5.74) is 0.780. The second-order valence-electron chi connectivity index (χ2n) is 5.25. The summed E-state index contributed by atoms with van der Waals surface area (Å²) in [4.78, 5) is 11.4. The lowest BCUT2D eigenvalue weighted by Gasteiger charge is -2.31. The van der Waals surface area contributed by atoms with Crippen LogP contribution in [0.4, 0.5) is 0 Å². The topological polar surface area (TPSA) is 56.8 Å². The van der Waals surface area contributed by atoms with E-state index in [2.05, 4.69) is 5.32 Å². The van der Waals surface area contributed by atoms with Crippen LogP contribution < -0.4 is 14.8 Å². The van der Waals surface area contributed by atoms with Crippen molar-refractivity contribution in [3.05, 3.63) is 60.2 Å². The number of ether oxygens (including phenoxy) is 3. The third kappa shape index (κ3) is 3.86. The molecule has 1 fully saturated rings. The molecule has 2 atom stereocenters. The van der Waals surface area contributed by atoms with Gasteiger partial charge in [-0.2, -0.15) is 0 Å². The van der Waals surface area contributed by atoms with Crippen molar-refractivity contribution < 1.29 is 25.9 Å². The van der Waals surface area contributed by atoms with Gasteiger partial charge in [-0.3, -0.25) is 4.79 Å². The Hall–Kier alpha value is -2.53. The minimum absolute atomic E-state index is 0.0469. The number of rotatable bonds is 6. The first kappa shape index (κ1) is 11.1. The number of carbonyl (C=O) groups is 1. The van der Waals surface area contributed by atoms with E-state index < -0.39 is 25.6 Å². The number of carbonyl (C=O) groups excluding carboxylic acids is 1. The van der Waals surface area contributed by atoms with Gasteiger partial charge >= 0.3 is 0 Å². The van der Waals surface area contributed by atoms with Crippen LogP contribution in [0.25, 0.3) is 0 Å². The van der Waals surface area contributed by atoms with Crippen molar-refractivity contribution in [2.75, 3.05) is 19.7 Å². The van der Waals surface area contributed by atoms with E-state index in [1.807, 2.05) is 30.3 Å². The van der Waals surface area contributed by atoms with Crippen molar-refractivity contribution in [1.29, 1.82) is 0 Å². The number of nitrogens with one attached hydrogen (secondary N) is 1. The van der Waals surface area contributed by atoms with E-state index in [0.29, 0.717) is 0 Å². The molecule has 0 aromatic heterocycles. The van der Waals surface area contributed by atoms with Gasteiger partial charge in [0, 0.05) is 10.7 Å². The fraction of sp³-hybridized carbons (Fsp3) is 0.316. The monoisotopic (exact) mass is 332 g/mol. The summed E-state index contributed by atoms with van der Waals surface area (Å²) in [6.07, 6.45) is -1.14. The minimum atomic E-state index is -2.98. The Kier molecular flexibility index (Phi) is 3.62. The lowest BCUT2D eigenvalue weighted by Crippen LogP contribution is -2.46. The highest BCUT2D eigenvalue weighted by atomic mass is 16.6. The zero-order valence-electron chi connectivity index (χ0n) is 17.9. The van der Waals surface area contributed by atoms with Crippen LogP contribution in [0.2, 0.25) is 0 Å². The third-order valence-corrected chi connectivity index (χ3v) is 3.66. The van der Waals surface area contributed by atoms with E-state index in [-0.39, 0.29) is 30.6 Å². The maximum absolute atomic E-state index is 11.4. The van der Waals surface area contributed by atoms with Crippen molar-refractivity contribution >= 4 is 5.91 Å². The molecule has 3 rings (SSSR count). The molecule has 126 valence electrons. The summed E-state index contributed by atoms with van der Waals surface area (Å²) >= 11 is 0. The summed E-state index contributed by atoms with van der Waals surface area (Å²) < 4.78 is 54.4. The lowest BCUT2D eigenvalue weighted by molar-refractivity contribution is -0.137. The molecule has 1 aliphatic rings. The van der Waals surface area contributed by atoms with Gasteiger partial charge in [0.15, 0.2) is 17.6 Å². The largest absolute Gasteiger partial charge is 0.490 e. The predicted octanol–water partition coefficient (Wildman–Crippen LogP) is 2.72. The van der Waals surface area contributed by atoms with Crippen molar-refractivity contribution in [2.45, 2.75) is 19.1 Å². The Morgan fingerprint density at radius 1 is 1.25 bits per heavy atom. The maximum Gasteiger partial charge on any atom is 0.246 e. The molecule has 5 nitrogen and oxygen atoms in total. The molecule has 1 N–H and O–H groups in total. The van der Waals surface area contributed by atoms with Gasteiger partial charge in [0.2, 0.25) is 5.91 Å². The molecule has 0 unspecified atom stereocenters. The first-order valence-corrected chi connectivity index (χ1v) is 7.55. The number of hydrogen-bond donors (Lipinski definition) is 1. The molecule has 5 heteroatoms. The minimum Gasteiger partial charge on any atom is -0.490 e. The summed E-state index contributed by atoms with van der Waals surface area (Å²) in [6.45, 7) is -5.74. The van der Waals surface area contributed by atoms with E-state index in [0.717, 1.165) is 5.56 Å². The van der Waals surface area contributed by atoms with Crippen LogP contribution in [0, 0.1) is 0 Å². The van der Waals surface area contributed by atoms with Gasteiger partial charge < -0.3 is 19.5 Å². The molecule has 2 aromatic carbocycles. The van der Waals surface area contributed by atoms with Crippen LogP contribution in [0.3, 0.4) is 0 Å². The standard InChI is InChI=1S/C19H21NO4/c1-2-22-15-10-6-7-11-16(15)24-19(14-8-4-3-5-9-14)17-12-20-18(21)13-23-17/h3-11,17,19H,2,12-13H2,1H3,(H,20,21)/t17-,19-/m1/s1/i1D3,2D2. The van der Waals surface area contributed by atoms with E-state index in [9.17, 15) is 4.79 Å². The first-order chi connectivity index (χ1) is 13.7. The summed E-state index contributed by atoms with van der Waals surface area (Å²) in [5, 5.41) is 2.73. The Balaban J connectivity index is 1.89. The maximum atomic E-state index is 11.4. The number of hydrogen-bond acceptors (Lipinski definition) is 4. The van der Waals surface area contributed by atoms with Crippen LogP contribution in [-0.4, -0.2) is 31.7 Å². The lowest BCUT2D eigenvalue weighted by atomic mass is 10.0. The number of benzene rings is 2. The molecule has 1 saturated heterocycles. The smallest absolute Gasteiger partial charge is 0.246 e. The van der Waals surface area contributed by atoms with Crippen LogP contribution >= 0.6 is 0 Å². The van der Waals surface area contributed by atoms with Crippen molar-refractivity contribution in [2.24, 2.45) is 0 Å². The fourth-order valence-electron chi connectivity index (χ4n) is 2.53. The highest BCUT2D eigenvalue weighted by Crippen LogP contribution is 2.33. The van der Waals surface area contributed by atoms with E-state index >= 15 is 0 Å². The van der Waals surface area contributed by atoms with Crippen molar-refractivity contribution in [3.63, 3.8) is 0 Å². The van der Waals surface area contributed by atoms with Crippen LogP contribution in [0.15, 0.2) is 54.6 Å². The molecule has 2 aromatic rings. The van der Waals surface area contributed by atoms with E-state index in [1.54, 1.807) is 18.2 Å². The van der Waals surface area contributed by atoms with Gasteiger partial charge in [-0.15, -0.1) is 0 Å². The number of morpholine rings is 1. The molecule has 1 heterocycles. The first-order valence-electron chi connectivity index (χ1n) is 10.1. The van der Waals surface area contributed by atoms with Crippen molar-refractivity contribution in [1.82, 2.24) is 5.32 Å². The molecule has 0 radical (unpaired) electrons. The average molecular weight is 332 g/mol. The summed E-state index contributed by atoms with van der Waals surface area (Å²) in [5.74, 6) is -0.105. The van der Waals surface area contributed by atoms with Crippen LogP contribution in [0.1, 0.15) is 25.4 Å². The Bertz CT molecular complexity index is 834. The van der Waals surface area contributed by atoms with Crippen molar-refractivity contribution in [3.8, 4) is 11.5 Å². The summed E-state index contributed by atoms with van der Waals surface area (Å²) in [7, 11) is 0. The Morgan fingerprint density at radius 2 is 2.00 bits per heavy atom. The van der Waals surface area contributed by atoms with Crippen LogP contribution in [0.5, 0.6) is 11.5 Å². The summed E-state index contributed by atoms with van der Waals surface area (Å²) in [6, 6.07) is 15.5. The fourth-order valence-corrected chi connectivity index (χ4v) is 2.53. The molecule has 1 aliphatic heterocycles. The number of amides is 1. The van der Waals surface area contributed by atoms with Gasteiger partial charge in [-0.25, -0.2) is 0 Å². The Labute approximate surface area is 148 Å². The van der Waals surface area contributed by atoms with Gasteiger partial charge in [0.25, 0.3) is 0 Å². The van der Waals surface area contributed by atoms with Gasteiger partial charge in [0.05, 0.1) is 9.30 Å². The molecule has 0 bridgehead atoms. The Morgan fingerprint density at radius 3 is 2.71 bits per heavy atom. The quantitative estimate of drug-likeness (QED) is 0.884. The molecule has 24 heavy (non-hydrogen) atoms. The second kappa shape index (κ2) is 7.84. The molecular weight excluding hydrogens is 306 g/mol. The average Bonchev–Trinajstić information content (AvgIpc) is 2.68. The van der Waals surface area contributed by atoms with Gasteiger partial charge in [0.1, 0.15) is 12.7 Å². The zero-order chi connectivity index (χ0) is 21.1. The number of para-hydroxylation sites is 2. The van der Waals surface area contributed by atoms with Gasteiger partial charge in [-0.1, -0.05) is 42.5 Å². The van der Waals surface area contributed by atoms with E-state index in [1.165, 1.54) is 6.07 Å². The highest BCUT2D eigenvalue weighted by Gasteiger charge is 2.30. The second-order valence-corrected chi connectivity index (χ2v) is 5.25. The predicted molar refractivity (Wildman–Crippen MR) is 90.2 cm³/mol. The highest BCUT2D eigenvalue weighted by molar-refractivity contribution is 5.77. The SMILES string of the molecule is [2H]C([2H])([2H])C([2H])([2H])Oc1ccccc1O[C@H](c1ccccc1)[C@H]1CNC(=O)CO1. The van der Waals surface area contributed by atoms with Crippen LogP contribution in [-0.2, 0) is 9.53 Å². The van der Waals surface area contributed by atoms with E-state index in [4.69, 9.17) is 21.1 Å².